The zero-order valence-corrected chi connectivity index (χ0v) is 21.9. The minimum Gasteiger partial charge on any atom is -0.467 e. The second-order valence-corrected chi connectivity index (χ2v) is 10.3. The average Bonchev–Trinajstić information content (AvgIpc) is 3.68. The van der Waals surface area contributed by atoms with Gasteiger partial charge in [0.05, 0.1) is 24.1 Å². The second kappa shape index (κ2) is 9.43. The Kier molecular flexibility index (Phi) is 5.71. The van der Waals surface area contributed by atoms with Crippen molar-refractivity contribution in [1.82, 2.24) is 15.2 Å². The zero-order chi connectivity index (χ0) is 27.4. The van der Waals surface area contributed by atoms with E-state index in [1.54, 1.807) is 47.4 Å². The van der Waals surface area contributed by atoms with Crippen LogP contribution in [0.25, 0.3) is 10.9 Å². The van der Waals surface area contributed by atoms with Gasteiger partial charge in [-0.05, 0) is 53.6 Å². The van der Waals surface area contributed by atoms with Crippen LogP contribution >= 0.6 is 11.6 Å². The van der Waals surface area contributed by atoms with Gasteiger partial charge in [-0.15, -0.1) is 0 Å². The first-order valence-corrected chi connectivity index (χ1v) is 13.3. The predicted molar refractivity (Wildman–Crippen MR) is 150 cm³/mol. The van der Waals surface area contributed by atoms with Gasteiger partial charge in [-0.2, -0.15) is 0 Å². The minimum absolute atomic E-state index is 0.176. The van der Waals surface area contributed by atoms with Crippen molar-refractivity contribution in [2.24, 2.45) is 0 Å². The molecule has 2 N–H and O–H groups in total. The molecule has 1 fully saturated rings. The van der Waals surface area contributed by atoms with Gasteiger partial charge in [0.2, 0.25) is 0 Å². The van der Waals surface area contributed by atoms with E-state index in [2.05, 4.69) is 10.3 Å². The lowest BCUT2D eigenvalue weighted by Crippen LogP contribution is -2.44. The third-order valence-corrected chi connectivity index (χ3v) is 7.84. The Morgan fingerprint density at radius 1 is 1.00 bits per heavy atom. The predicted octanol–water partition coefficient (Wildman–Crippen LogP) is 5.83. The van der Waals surface area contributed by atoms with Crippen LogP contribution in [0.15, 0.2) is 95.6 Å². The summed E-state index contributed by atoms with van der Waals surface area (Å²) in [5, 5.41) is 4.36. The summed E-state index contributed by atoms with van der Waals surface area (Å²) >= 11 is 6.38. The summed E-state index contributed by atoms with van der Waals surface area (Å²) in [7, 11) is 0. The summed E-state index contributed by atoms with van der Waals surface area (Å²) in [5.74, 6) is -0.201. The van der Waals surface area contributed by atoms with Crippen molar-refractivity contribution in [3.63, 3.8) is 0 Å². The summed E-state index contributed by atoms with van der Waals surface area (Å²) in [4.78, 5) is 47.7. The summed E-state index contributed by atoms with van der Waals surface area (Å²) < 4.78 is 5.31. The lowest BCUT2D eigenvalue weighted by Gasteiger charge is -2.36. The van der Waals surface area contributed by atoms with E-state index in [1.807, 2.05) is 42.5 Å². The van der Waals surface area contributed by atoms with Gasteiger partial charge in [0.1, 0.15) is 17.8 Å². The van der Waals surface area contributed by atoms with Crippen LogP contribution < -0.4 is 10.2 Å². The van der Waals surface area contributed by atoms with Crippen molar-refractivity contribution in [1.29, 1.82) is 0 Å². The molecule has 2 aromatic heterocycles. The largest absolute Gasteiger partial charge is 0.467 e. The Balaban J connectivity index is 1.31. The molecule has 2 atom stereocenters. The van der Waals surface area contributed by atoms with Crippen LogP contribution in [0.1, 0.15) is 39.0 Å². The number of furan rings is 1. The van der Waals surface area contributed by atoms with E-state index < -0.39 is 24.0 Å². The second-order valence-electron chi connectivity index (χ2n) is 9.88. The van der Waals surface area contributed by atoms with Crippen molar-refractivity contribution >= 4 is 46.0 Å². The van der Waals surface area contributed by atoms with Crippen molar-refractivity contribution in [2.45, 2.75) is 25.0 Å². The number of hydrogen-bond acceptors (Lipinski definition) is 4. The molecule has 4 heterocycles. The third kappa shape index (κ3) is 3.79. The Hall–Kier alpha value is -4.82. The molecule has 198 valence electrons. The van der Waals surface area contributed by atoms with Crippen molar-refractivity contribution < 1.29 is 18.8 Å². The molecule has 0 spiro atoms. The molecule has 0 saturated carbocycles. The number of halogens is 1. The maximum absolute atomic E-state index is 14.2. The standard InChI is InChI=1S/C31H23ClN4O4/c32-19-8-5-7-18(15-19)28-27-23(21-10-1-3-12-24(21)34-27)16-26-30(38)36(31(39)35(26)28)25-13-4-2-11-22(25)29(37)33-17-20-9-6-14-40-20/h1-15,26,28,34H,16-17H2,(H,33,37)/t26-,28?/m0/s1. The Morgan fingerprint density at radius 3 is 2.65 bits per heavy atom. The van der Waals surface area contributed by atoms with E-state index in [4.69, 9.17) is 16.0 Å². The maximum atomic E-state index is 14.2. The number of nitrogens with one attached hydrogen (secondary N) is 2. The monoisotopic (exact) mass is 550 g/mol. The smallest absolute Gasteiger partial charge is 0.332 e. The quantitative estimate of drug-likeness (QED) is 0.269. The highest BCUT2D eigenvalue weighted by Crippen LogP contribution is 2.45. The maximum Gasteiger partial charge on any atom is 0.332 e. The van der Waals surface area contributed by atoms with Gasteiger partial charge in [-0.25, -0.2) is 9.69 Å². The number of urea groups is 1. The fraction of sp³-hybridized carbons (Fsp3) is 0.129. The van der Waals surface area contributed by atoms with E-state index in [1.165, 1.54) is 6.26 Å². The molecule has 2 aliphatic rings. The van der Waals surface area contributed by atoms with E-state index in [-0.39, 0.29) is 23.7 Å². The van der Waals surface area contributed by atoms with Gasteiger partial charge in [-0.3, -0.25) is 14.5 Å². The third-order valence-electron chi connectivity index (χ3n) is 7.61. The molecule has 7 rings (SSSR count). The van der Waals surface area contributed by atoms with Crippen LogP contribution in [-0.2, 0) is 17.8 Å². The number of carbonyl (C=O) groups excluding carboxylic acids is 3. The first kappa shape index (κ1) is 24.2. The number of imide groups is 1. The van der Waals surface area contributed by atoms with Crippen LogP contribution in [0.3, 0.4) is 0 Å². The molecule has 0 bridgehead atoms. The highest BCUT2D eigenvalue weighted by molar-refractivity contribution is 6.30. The summed E-state index contributed by atoms with van der Waals surface area (Å²) in [6.07, 6.45) is 1.88. The SMILES string of the molecule is O=C(NCc1ccco1)c1ccccc1N1C(=O)[C@@H]2Cc3c([nH]c4ccccc34)C(c3cccc(Cl)c3)N2C1=O. The average molecular weight is 551 g/mol. The molecule has 5 aromatic rings. The molecular formula is C31H23ClN4O4. The molecule has 2 aliphatic heterocycles. The van der Waals surface area contributed by atoms with Crippen LogP contribution in [0.2, 0.25) is 5.02 Å². The number of carbonyl (C=O) groups is 3. The fourth-order valence-corrected chi connectivity index (χ4v) is 6.05. The number of amides is 4. The molecule has 8 nitrogen and oxygen atoms in total. The minimum atomic E-state index is -0.748. The van der Waals surface area contributed by atoms with Gasteiger partial charge in [0, 0.05) is 28.0 Å². The Morgan fingerprint density at radius 2 is 1.82 bits per heavy atom. The number of anilines is 1. The van der Waals surface area contributed by atoms with E-state index >= 15 is 0 Å². The zero-order valence-electron chi connectivity index (χ0n) is 21.1. The number of nitrogens with zero attached hydrogens (tertiary/aromatic N) is 2. The Labute approximate surface area is 234 Å². The molecule has 40 heavy (non-hydrogen) atoms. The molecule has 1 saturated heterocycles. The number of aromatic amines is 1. The molecule has 0 aliphatic carbocycles. The number of fused-ring (bicyclic) bond motifs is 4. The Bertz CT molecular complexity index is 1790. The topological polar surface area (TPSA) is 98.7 Å². The molecule has 9 heteroatoms. The van der Waals surface area contributed by atoms with Crippen molar-refractivity contribution in [2.75, 3.05) is 4.90 Å². The molecule has 3 aromatic carbocycles. The van der Waals surface area contributed by atoms with Gasteiger partial charge in [0.15, 0.2) is 0 Å². The number of para-hydroxylation sites is 2. The number of rotatable bonds is 5. The van der Waals surface area contributed by atoms with Crippen LogP contribution in [0, 0.1) is 0 Å². The number of H-pyrrole nitrogens is 1. The van der Waals surface area contributed by atoms with E-state index in [0.29, 0.717) is 17.2 Å². The van der Waals surface area contributed by atoms with Crippen molar-refractivity contribution in [3.8, 4) is 0 Å². The summed E-state index contributed by atoms with van der Waals surface area (Å²) in [5.41, 5.74) is 4.04. The first-order valence-electron chi connectivity index (χ1n) is 12.9. The molecule has 4 amide bonds. The number of aromatic nitrogens is 1. The number of benzene rings is 3. The van der Waals surface area contributed by atoms with Crippen LogP contribution in [0.5, 0.6) is 0 Å². The molecule has 1 unspecified atom stereocenters. The van der Waals surface area contributed by atoms with Gasteiger partial charge in [-0.1, -0.05) is 54.1 Å². The van der Waals surface area contributed by atoms with Crippen LogP contribution in [0.4, 0.5) is 10.5 Å². The molecule has 0 radical (unpaired) electrons. The highest BCUT2D eigenvalue weighted by Gasteiger charge is 2.53. The normalized spacial score (nSPS) is 18.2. The summed E-state index contributed by atoms with van der Waals surface area (Å²) in [6.45, 7) is 0.176. The van der Waals surface area contributed by atoms with Gasteiger partial charge >= 0.3 is 6.03 Å². The summed E-state index contributed by atoms with van der Waals surface area (Å²) in [6, 6.07) is 23.6. The fourth-order valence-electron chi connectivity index (χ4n) is 5.86. The van der Waals surface area contributed by atoms with E-state index in [9.17, 15) is 14.4 Å². The highest BCUT2D eigenvalue weighted by atomic mass is 35.5. The van der Waals surface area contributed by atoms with Crippen LogP contribution in [-0.4, -0.2) is 33.8 Å². The van der Waals surface area contributed by atoms with Crippen molar-refractivity contribution in [3.05, 3.63) is 124 Å². The lowest BCUT2D eigenvalue weighted by atomic mass is 9.89. The van der Waals surface area contributed by atoms with Gasteiger partial charge in [0.25, 0.3) is 11.8 Å². The number of hydrogen-bond donors (Lipinski definition) is 2. The lowest BCUT2D eigenvalue weighted by molar-refractivity contribution is -0.120. The van der Waals surface area contributed by atoms with Gasteiger partial charge < -0.3 is 14.7 Å². The van der Waals surface area contributed by atoms with E-state index in [0.717, 1.165) is 32.6 Å². The first-order chi connectivity index (χ1) is 19.5. The molecular weight excluding hydrogens is 528 g/mol.